The summed E-state index contributed by atoms with van der Waals surface area (Å²) in [4.78, 5) is 8.40. The number of pyridine rings is 2. The zero-order valence-electron chi connectivity index (χ0n) is 12.0. The van der Waals surface area contributed by atoms with Gasteiger partial charge in [0.25, 0.3) is 0 Å². The van der Waals surface area contributed by atoms with Crippen molar-refractivity contribution in [2.24, 2.45) is 0 Å². The summed E-state index contributed by atoms with van der Waals surface area (Å²) in [6, 6.07) is 21.1. The Morgan fingerprint density at radius 2 is 1.05 bits per heavy atom. The maximum Gasteiger partial charge on any atom is 0.0346 e. The lowest BCUT2D eigenvalue weighted by atomic mass is 9.99. The van der Waals surface area contributed by atoms with Gasteiger partial charge in [-0.2, -0.15) is 0 Å². The van der Waals surface area contributed by atoms with Crippen molar-refractivity contribution in [2.75, 3.05) is 0 Å². The van der Waals surface area contributed by atoms with Crippen LogP contribution in [0.15, 0.2) is 85.5 Å². The molecule has 0 radical (unpaired) electrons. The van der Waals surface area contributed by atoms with Crippen molar-refractivity contribution < 1.29 is 0 Å². The molecule has 2 heterocycles. The average molecular weight is 282 g/mol. The third-order valence-electron chi connectivity index (χ3n) is 3.83. The standard InChI is InChI=1S/C20H14N2/c1-3-18(13-21-9-1)16-7-5-15-6-8-17(12-20(15)11-16)19-4-2-10-22-14-19/h1-14H. The van der Waals surface area contributed by atoms with Gasteiger partial charge in [-0.1, -0.05) is 36.4 Å². The van der Waals surface area contributed by atoms with Gasteiger partial charge >= 0.3 is 0 Å². The van der Waals surface area contributed by atoms with Crippen molar-refractivity contribution in [3.63, 3.8) is 0 Å². The molecule has 4 aromatic rings. The fourth-order valence-electron chi connectivity index (χ4n) is 2.67. The van der Waals surface area contributed by atoms with E-state index in [-0.39, 0.29) is 0 Å². The summed E-state index contributed by atoms with van der Waals surface area (Å²) in [7, 11) is 0. The summed E-state index contributed by atoms with van der Waals surface area (Å²) in [6.45, 7) is 0. The fraction of sp³-hybridized carbons (Fsp3) is 0. The first kappa shape index (κ1) is 12.7. The summed E-state index contributed by atoms with van der Waals surface area (Å²) in [6.07, 6.45) is 7.38. The molecule has 0 aliphatic rings. The number of hydrogen-bond acceptors (Lipinski definition) is 2. The lowest BCUT2D eigenvalue weighted by Crippen LogP contribution is -1.83. The molecule has 0 aliphatic heterocycles. The number of rotatable bonds is 2. The first-order chi connectivity index (χ1) is 10.9. The highest BCUT2D eigenvalue weighted by molar-refractivity contribution is 5.90. The molecular weight excluding hydrogens is 268 g/mol. The Balaban J connectivity index is 1.85. The van der Waals surface area contributed by atoms with Gasteiger partial charge < -0.3 is 0 Å². The van der Waals surface area contributed by atoms with Crippen LogP contribution in [-0.2, 0) is 0 Å². The van der Waals surface area contributed by atoms with Gasteiger partial charge in [-0.05, 0) is 46.2 Å². The summed E-state index contributed by atoms with van der Waals surface area (Å²) in [5, 5.41) is 2.46. The van der Waals surface area contributed by atoms with Crippen molar-refractivity contribution in [3.05, 3.63) is 85.5 Å². The number of aromatic nitrogens is 2. The van der Waals surface area contributed by atoms with E-state index in [1.54, 1.807) is 12.4 Å². The van der Waals surface area contributed by atoms with Crippen LogP contribution in [0.1, 0.15) is 0 Å². The van der Waals surface area contributed by atoms with Gasteiger partial charge in [0.2, 0.25) is 0 Å². The van der Waals surface area contributed by atoms with E-state index in [1.165, 1.54) is 21.9 Å². The zero-order chi connectivity index (χ0) is 14.8. The first-order valence-corrected chi connectivity index (χ1v) is 7.25. The third-order valence-corrected chi connectivity index (χ3v) is 3.83. The predicted octanol–water partition coefficient (Wildman–Crippen LogP) is 4.96. The van der Waals surface area contributed by atoms with Crippen LogP contribution in [0.25, 0.3) is 33.0 Å². The zero-order valence-corrected chi connectivity index (χ0v) is 12.0. The van der Waals surface area contributed by atoms with E-state index in [4.69, 9.17) is 0 Å². The highest BCUT2D eigenvalue weighted by atomic mass is 14.6. The molecule has 4 rings (SSSR count). The van der Waals surface area contributed by atoms with Gasteiger partial charge in [0.15, 0.2) is 0 Å². The molecule has 0 fully saturated rings. The smallest absolute Gasteiger partial charge is 0.0346 e. The number of fused-ring (bicyclic) bond motifs is 1. The van der Waals surface area contributed by atoms with Crippen LogP contribution in [0.3, 0.4) is 0 Å². The Kier molecular flexibility index (Phi) is 3.13. The number of hydrogen-bond donors (Lipinski definition) is 0. The molecule has 0 amide bonds. The summed E-state index contributed by atoms with van der Waals surface area (Å²) < 4.78 is 0. The quantitative estimate of drug-likeness (QED) is 0.519. The van der Waals surface area contributed by atoms with Crippen LogP contribution in [0.4, 0.5) is 0 Å². The molecule has 2 heteroatoms. The van der Waals surface area contributed by atoms with Crippen molar-refractivity contribution in [1.82, 2.24) is 9.97 Å². The lowest BCUT2D eigenvalue weighted by molar-refractivity contribution is 1.33. The summed E-state index contributed by atoms with van der Waals surface area (Å²) in [5.41, 5.74) is 4.64. The van der Waals surface area contributed by atoms with E-state index >= 15 is 0 Å². The molecule has 0 unspecified atom stereocenters. The monoisotopic (exact) mass is 282 g/mol. The predicted molar refractivity (Wildman–Crippen MR) is 90.4 cm³/mol. The van der Waals surface area contributed by atoms with Gasteiger partial charge in [0.1, 0.15) is 0 Å². The largest absolute Gasteiger partial charge is 0.264 e. The van der Waals surface area contributed by atoms with Gasteiger partial charge in [0.05, 0.1) is 0 Å². The van der Waals surface area contributed by atoms with E-state index in [0.29, 0.717) is 0 Å². The molecule has 0 saturated heterocycles. The van der Waals surface area contributed by atoms with Crippen LogP contribution >= 0.6 is 0 Å². The fourth-order valence-corrected chi connectivity index (χ4v) is 2.67. The van der Waals surface area contributed by atoms with E-state index in [1.807, 2.05) is 24.5 Å². The summed E-state index contributed by atoms with van der Waals surface area (Å²) in [5.74, 6) is 0. The molecule has 22 heavy (non-hydrogen) atoms. The van der Waals surface area contributed by atoms with Crippen molar-refractivity contribution in [1.29, 1.82) is 0 Å². The van der Waals surface area contributed by atoms with Crippen LogP contribution in [0.2, 0.25) is 0 Å². The molecule has 0 N–H and O–H groups in total. The minimum absolute atomic E-state index is 1.14. The molecule has 104 valence electrons. The van der Waals surface area contributed by atoms with Crippen LogP contribution in [-0.4, -0.2) is 9.97 Å². The number of nitrogens with zero attached hydrogens (tertiary/aromatic N) is 2. The second-order valence-corrected chi connectivity index (χ2v) is 5.26. The number of benzene rings is 2. The van der Waals surface area contributed by atoms with E-state index in [9.17, 15) is 0 Å². The van der Waals surface area contributed by atoms with Crippen molar-refractivity contribution in [3.8, 4) is 22.3 Å². The Morgan fingerprint density at radius 3 is 1.50 bits per heavy atom. The Bertz CT molecular complexity index is 842. The molecule has 0 saturated carbocycles. The maximum atomic E-state index is 4.20. The molecule has 2 nitrogen and oxygen atoms in total. The van der Waals surface area contributed by atoms with Crippen molar-refractivity contribution in [2.45, 2.75) is 0 Å². The van der Waals surface area contributed by atoms with Gasteiger partial charge in [-0.25, -0.2) is 0 Å². The van der Waals surface area contributed by atoms with Crippen LogP contribution < -0.4 is 0 Å². The van der Waals surface area contributed by atoms with Crippen LogP contribution in [0, 0.1) is 0 Å². The Morgan fingerprint density at radius 1 is 0.500 bits per heavy atom. The minimum Gasteiger partial charge on any atom is -0.264 e. The Labute approximate surface area is 129 Å². The maximum absolute atomic E-state index is 4.20. The van der Waals surface area contributed by atoms with Gasteiger partial charge in [-0.3, -0.25) is 9.97 Å². The van der Waals surface area contributed by atoms with E-state index in [2.05, 4.69) is 58.5 Å². The van der Waals surface area contributed by atoms with Gasteiger partial charge in [0, 0.05) is 35.9 Å². The van der Waals surface area contributed by atoms with Crippen LogP contribution in [0.5, 0.6) is 0 Å². The SMILES string of the molecule is c1cncc(-c2ccc3ccc(-c4cccnc4)cc3c2)c1. The molecule has 2 aromatic carbocycles. The molecule has 0 spiro atoms. The topological polar surface area (TPSA) is 25.8 Å². The van der Waals surface area contributed by atoms with Gasteiger partial charge in [-0.15, -0.1) is 0 Å². The van der Waals surface area contributed by atoms with Crippen molar-refractivity contribution >= 4 is 10.8 Å². The second-order valence-electron chi connectivity index (χ2n) is 5.26. The normalized spacial score (nSPS) is 10.7. The molecule has 0 bridgehead atoms. The third kappa shape index (κ3) is 2.35. The highest BCUT2D eigenvalue weighted by Crippen LogP contribution is 2.27. The first-order valence-electron chi connectivity index (χ1n) is 7.25. The van der Waals surface area contributed by atoms with E-state index < -0.39 is 0 Å². The minimum atomic E-state index is 1.14. The average Bonchev–Trinajstić information content (AvgIpc) is 2.62. The molecule has 0 aliphatic carbocycles. The second kappa shape index (κ2) is 5.41. The molecule has 0 atom stereocenters. The molecule has 2 aromatic heterocycles. The lowest BCUT2D eigenvalue weighted by Gasteiger charge is -2.06. The Hall–Kier alpha value is -3.00. The molecular formula is C20H14N2. The highest BCUT2D eigenvalue weighted by Gasteiger charge is 2.02. The summed E-state index contributed by atoms with van der Waals surface area (Å²) >= 11 is 0. The van der Waals surface area contributed by atoms with E-state index in [0.717, 1.165) is 11.1 Å².